The predicted octanol–water partition coefficient (Wildman–Crippen LogP) is 4.17. The van der Waals surface area contributed by atoms with Gasteiger partial charge in [-0.2, -0.15) is 0 Å². The quantitative estimate of drug-likeness (QED) is 0.771. The van der Waals surface area contributed by atoms with E-state index < -0.39 is 0 Å². The minimum Gasteiger partial charge on any atom is -0.497 e. The molecule has 2 unspecified atom stereocenters. The van der Waals surface area contributed by atoms with E-state index in [1.807, 2.05) is 42.5 Å². The highest BCUT2D eigenvalue weighted by molar-refractivity contribution is 6.21. The Morgan fingerprint density at radius 3 is 2.67 bits per heavy atom. The molecule has 0 fully saturated rings. The molecule has 94 valence electrons. The molecule has 3 heteroatoms. The molecule has 1 aromatic carbocycles. The van der Waals surface area contributed by atoms with Gasteiger partial charge in [0.1, 0.15) is 5.75 Å². The Morgan fingerprint density at radius 1 is 1.17 bits per heavy atom. The van der Waals surface area contributed by atoms with E-state index in [-0.39, 0.29) is 11.3 Å². The van der Waals surface area contributed by atoms with Crippen molar-refractivity contribution < 1.29 is 4.74 Å². The van der Waals surface area contributed by atoms with Gasteiger partial charge in [-0.05, 0) is 29.8 Å². The zero-order valence-electron chi connectivity index (χ0n) is 10.5. The van der Waals surface area contributed by atoms with Gasteiger partial charge >= 0.3 is 0 Å². The second-order valence-corrected chi connectivity index (χ2v) is 4.69. The van der Waals surface area contributed by atoms with Crippen molar-refractivity contribution in [3.8, 4) is 5.75 Å². The van der Waals surface area contributed by atoms with Crippen LogP contribution in [0.5, 0.6) is 5.75 Å². The van der Waals surface area contributed by atoms with Crippen molar-refractivity contribution in [1.82, 2.24) is 4.98 Å². The molecule has 0 radical (unpaired) electrons. The van der Waals surface area contributed by atoms with Crippen molar-refractivity contribution in [2.75, 3.05) is 7.11 Å². The van der Waals surface area contributed by atoms with Crippen LogP contribution in [0.25, 0.3) is 0 Å². The summed E-state index contributed by atoms with van der Waals surface area (Å²) in [4.78, 5) is 4.35. The van der Waals surface area contributed by atoms with Crippen LogP contribution >= 0.6 is 11.6 Å². The van der Waals surface area contributed by atoms with Crippen LogP contribution in [0.2, 0.25) is 0 Å². The molecular formula is C15H16ClNO. The monoisotopic (exact) mass is 261 g/mol. The van der Waals surface area contributed by atoms with Crippen molar-refractivity contribution in [3.63, 3.8) is 0 Å². The third kappa shape index (κ3) is 2.82. The molecule has 0 aliphatic carbocycles. The zero-order chi connectivity index (χ0) is 13.0. The molecule has 2 atom stereocenters. The molecule has 0 bridgehead atoms. The highest BCUT2D eigenvalue weighted by Gasteiger charge is 2.19. The molecule has 1 heterocycles. The number of methoxy groups -OCH3 is 1. The number of halogens is 1. The smallest absolute Gasteiger partial charge is 0.119 e. The molecular weight excluding hydrogens is 246 g/mol. The van der Waals surface area contributed by atoms with E-state index in [0.717, 1.165) is 17.0 Å². The summed E-state index contributed by atoms with van der Waals surface area (Å²) in [6, 6.07) is 13.7. The Labute approximate surface area is 113 Å². The van der Waals surface area contributed by atoms with Gasteiger partial charge in [-0.3, -0.25) is 4.98 Å². The summed E-state index contributed by atoms with van der Waals surface area (Å²) < 4.78 is 5.22. The van der Waals surface area contributed by atoms with Crippen LogP contribution in [-0.4, -0.2) is 12.1 Å². The van der Waals surface area contributed by atoms with Gasteiger partial charge in [-0.15, -0.1) is 11.6 Å². The fraction of sp³-hybridized carbons (Fsp3) is 0.267. The average Bonchev–Trinajstić information content (AvgIpc) is 2.46. The van der Waals surface area contributed by atoms with Crippen molar-refractivity contribution >= 4 is 11.6 Å². The van der Waals surface area contributed by atoms with Crippen LogP contribution < -0.4 is 4.74 Å². The van der Waals surface area contributed by atoms with Gasteiger partial charge in [0.15, 0.2) is 0 Å². The minimum atomic E-state index is -0.116. The lowest BCUT2D eigenvalue weighted by molar-refractivity contribution is 0.414. The van der Waals surface area contributed by atoms with Gasteiger partial charge in [0.25, 0.3) is 0 Å². The Kier molecular flexibility index (Phi) is 4.21. The predicted molar refractivity (Wildman–Crippen MR) is 74.2 cm³/mol. The number of rotatable bonds is 4. The van der Waals surface area contributed by atoms with Gasteiger partial charge in [-0.1, -0.05) is 25.1 Å². The standard InChI is InChI=1S/C15H16ClNO/c1-11(14-8-3-4-9-17-14)15(16)12-6-5-7-13(10-12)18-2/h3-11,15H,1-2H3. The minimum absolute atomic E-state index is 0.116. The molecule has 0 N–H and O–H groups in total. The third-order valence-corrected chi connectivity index (χ3v) is 3.64. The Morgan fingerprint density at radius 2 is 2.00 bits per heavy atom. The molecule has 18 heavy (non-hydrogen) atoms. The first-order valence-electron chi connectivity index (χ1n) is 5.91. The summed E-state index contributed by atoms with van der Waals surface area (Å²) in [5.74, 6) is 0.978. The molecule has 2 nitrogen and oxygen atoms in total. The highest BCUT2D eigenvalue weighted by atomic mass is 35.5. The summed E-state index contributed by atoms with van der Waals surface area (Å²) in [7, 11) is 1.66. The highest BCUT2D eigenvalue weighted by Crippen LogP contribution is 2.36. The summed E-state index contributed by atoms with van der Waals surface area (Å²) >= 11 is 6.52. The average molecular weight is 262 g/mol. The van der Waals surface area contributed by atoms with Crippen LogP contribution in [0.15, 0.2) is 48.7 Å². The molecule has 0 saturated heterocycles. The number of pyridine rings is 1. The van der Waals surface area contributed by atoms with E-state index >= 15 is 0 Å². The number of alkyl halides is 1. The maximum Gasteiger partial charge on any atom is 0.119 e. The fourth-order valence-electron chi connectivity index (χ4n) is 1.90. The first-order valence-corrected chi connectivity index (χ1v) is 6.35. The van der Waals surface area contributed by atoms with E-state index in [2.05, 4.69) is 11.9 Å². The van der Waals surface area contributed by atoms with Gasteiger partial charge in [0.05, 0.1) is 12.5 Å². The summed E-state index contributed by atoms with van der Waals surface area (Å²) in [6.45, 7) is 2.08. The van der Waals surface area contributed by atoms with Crippen LogP contribution in [0.1, 0.15) is 29.5 Å². The van der Waals surface area contributed by atoms with E-state index in [1.165, 1.54) is 0 Å². The van der Waals surface area contributed by atoms with Gasteiger partial charge < -0.3 is 4.74 Å². The fourth-order valence-corrected chi connectivity index (χ4v) is 2.16. The maximum absolute atomic E-state index is 6.52. The number of aromatic nitrogens is 1. The van der Waals surface area contributed by atoms with E-state index in [9.17, 15) is 0 Å². The number of hydrogen-bond donors (Lipinski definition) is 0. The van der Waals surface area contributed by atoms with Crippen molar-refractivity contribution in [3.05, 3.63) is 59.9 Å². The van der Waals surface area contributed by atoms with Crippen molar-refractivity contribution in [2.45, 2.75) is 18.2 Å². The molecule has 1 aromatic heterocycles. The van der Waals surface area contributed by atoms with Gasteiger partial charge in [-0.25, -0.2) is 0 Å². The van der Waals surface area contributed by atoms with E-state index in [0.29, 0.717) is 0 Å². The lowest BCUT2D eigenvalue weighted by atomic mass is 9.97. The molecule has 0 amide bonds. The number of nitrogens with zero attached hydrogens (tertiary/aromatic N) is 1. The van der Waals surface area contributed by atoms with Crippen LogP contribution in [0.3, 0.4) is 0 Å². The summed E-state index contributed by atoms with van der Waals surface area (Å²) in [6.07, 6.45) is 1.79. The van der Waals surface area contributed by atoms with Crippen LogP contribution in [-0.2, 0) is 0 Å². The Balaban J connectivity index is 2.22. The lowest BCUT2D eigenvalue weighted by Gasteiger charge is -2.18. The zero-order valence-corrected chi connectivity index (χ0v) is 11.3. The normalized spacial score (nSPS) is 13.9. The number of ether oxygens (including phenoxy) is 1. The Bertz CT molecular complexity index is 501. The molecule has 2 aromatic rings. The van der Waals surface area contributed by atoms with Crippen LogP contribution in [0.4, 0.5) is 0 Å². The van der Waals surface area contributed by atoms with Crippen molar-refractivity contribution in [1.29, 1.82) is 0 Å². The van der Waals surface area contributed by atoms with Crippen LogP contribution in [0, 0.1) is 0 Å². The van der Waals surface area contributed by atoms with E-state index in [4.69, 9.17) is 16.3 Å². The topological polar surface area (TPSA) is 22.1 Å². The van der Waals surface area contributed by atoms with Gasteiger partial charge in [0.2, 0.25) is 0 Å². The largest absolute Gasteiger partial charge is 0.497 e. The van der Waals surface area contributed by atoms with E-state index in [1.54, 1.807) is 13.3 Å². The molecule has 2 rings (SSSR count). The molecule has 0 saturated carbocycles. The molecule has 0 spiro atoms. The SMILES string of the molecule is COc1cccc(C(Cl)C(C)c2ccccn2)c1. The number of benzene rings is 1. The first kappa shape index (κ1) is 12.9. The number of hydrogen-bond acceptors (Lipinski definition) is 2. The summed E-state index contributed by atoms with van der Waals surface area (Å²) in [5, 5.41) is -0.116. The first-order chi connectivity index (χ1) is 8.72. The third-order valence-electron chi connectivity index (χ3n) is 3.01. The summed E-state index contributed by atoms with van der Waals surface area (Å²) in [5.41, 5.74) is 2.05. The second kappa shape index (κ2) is 5.87. The van der Waals surface area contributed by atoms with Gasteiger partial charge in [0, 0.05) is 17.8 Å². The molecule has 0 aliphatic heterocycles. The lowest BCUT2D eigenvalue weighted by Crippen LogP contribution is -2.04. The maximum atomic E-state index is 6.52. The Hall–Kier alpha value is -1.54. The second-order valence-electron chi connectivity index (χ2n) is 4.22. The molecule has 0 aliphatic rings. The van der Waals surface area contributed by atoms with Crippen molar-refractivity contribution in [2.24, 2.45) is 0 Å².